The first-order valence-corrected chi connectivity index (χ1v) is 31.6. The van der Waals surface area contributed by atoms with Crippen LogP contribution in [0.2, 0.25) is 0 Å². The van der Waals surface area contributed by atoms with E-state index in [4.69, 9.17) is 4.42 Å². The topological polar surface area (TPSA) is 45.8 Å². The molecule has 0 aliphatic heterocycles. The van der Waals surface area contributed by atoms with Crippen LogP contribution in [-0.4, -0.2) is 8.80 Å². The number of aryl methyl sites for hydroxylation is 1. The molecule has 5 aromatic heterocycles. The molecule has 2 unspecified atom stereocenters. The van der Waals surface area contributed by atoms with Gasteiger partial charge in [0.05, 0.1) is 44.7 Å². The molecular weight excluding hydrogens is 1070 g/mol. The third-order valence-electron chi connectivity index (χ3n) is 20.6. The summed E-state index contributed by atoms with van der Waals surface area (Å²) in [5.74, 6) is 1.64. The van der Waals surface area contributed by atoms with Gasteiger partial charge in [-0.1, -0.05) is 157 Å². The SMILES string of the molecule is Cc1ccc(C#N)cc1-c1cc2c3cc4cc(C(C)C)ccc4cc3n3c4cc5ccc(C(C)CCC(C)c6ccc7cc8c(cc7c6)c6cc(-c7cccc9c7oc7ccccc79)cc7c9cc%10cc(C(C)C)ccc%10cc9n8c76)cc5cc4c(c1)c23. The fraction of sp³-hybridized carbons (Fsp3) is 0.155. The standard InChI is InChI=1S/C84H63N3O/c1-45(2)51-19-23-55-40-77-69(32-59(55)28-51)73-36-63(65-12-10-13-67-66-11-8-9-14-81(66)88-84(65)67)37-74-71-34-61-30-53(21-25-57(61)42-79(71)86(77)82(73)74)47(5)15-16-48(6)54-22-26-58-43-80-72(35-62(58)31-54)76-39-64(68-27-50(44-85)18-17-49(68)7)38-75-70-33-60-29-52(46(3)4)20-24-56(60)41-78(70)87(80)83(75)76/h8-14,17-43,45-48H,15-16H2,1-7H3. The van der Waals surface area contributed by atoms with Gasteiger partial charge in [0.1, 0.15) is 11.2 Å². The van der Waals surface area contributed by atoms with Gasteiger partial charge in [-0.25, -0.2) is 0 Å². The summed E-state index contributed by atoms with van der Waals surface area (Å²) in [5.41, 5.74) is 21.2. The van der Waals surface area contributed by atoms with Crippen molar-refractivity contribution < 1.29 is 4.42 Å². The van der Waals surface area contributed by atoms with Crippen LogP contribution in [0.15, 0.2) is 211 Å². The number of nitrogens with zero attached hydrogens (tertiary/aromatic N) is 3. The highest BCUT2D eigenvalue weighted by molar-refractivity contribution is 6.29. The minimum absolute atomic E-state index is 0.371. The predicted molar refractivity (Wildman–Crippen MR) is 374 cm³/mol. The fourth-order valence-electron chi connectivity index (χ4n) is 15.6. The minimum atomic E-state index is 0.371. The molecule has 0 saturated heterocycles. The maximum atomic E-state index is 10.0. The van der Waals surface area contributed by atoms with Gasteiger partial charge in [-0.3, -0.25) is 0 Å². The second kappa shape index (κ2) is 18.6. The van der Waals surface area contributed by atoms with Crippen LogP contribution in [0.1, 0.15) is 111 Å². The number of aromatic nitrogens is 2. The van der Waals surface area contributed by atoms with E-state index >= 15 is 0 Å². The number of fused-ring (bicyclic) bond motifs is 19. The summed E-state index contributed by atoms with van der Waals surface area (Å²) in [6.45, 7) is 16.1. The van der Waals surface area contributed by atoms with E-state index in [0.717, 1.165) is 57.0 Å². The quantitative estimate of drug-likeness (QED) is 0.145. The van der Waals surface area contributed by atoms with E-state index in [2.05, 4.69) is 264 Å². The zero-order valence-electron chi connectivity index (χ0n) is 50.6. The van der Waals surface area contributed by atoms with Crippen LogP contribution in [0.25, 0.3) is 163 Å². The highest BCUT2D eigenvalue weighted by Gasteiger charge is 2.25. The van der Waals surface area contributed by atoms with Crippen molar-refractivity contribution in [2.75, 3.05) is 0 Å². The Labute approximate surface area is 509 Å². The Balaban J connectivity index is 0.709. The van der Waals surface area contributed by atoms with Gasteiger partial charge in [-0.05, 0) is 222 Å². The normalized spacial score (nSPS) is 13.4. The number of nitriles is 1. The zero-order valence-corrected chi connectivity index (χ0v) is 50.6. The molecule has 88 heavy (non-hydrogen) atoms. The van der Waals surface area contributed by atoms with Gasteiger partial charge >= 0.3 is 0 Å². The minimum Gasteiger partial charge on any atom is -0.455 e. The second-order valence-electron chi connectivity index (χ2n) is 26.5. The highest BCUT2D eigenvalue weighted by atomic mass is 16.3. The van der Waals surface area contributed by atoms with E-state index in [0.29, 0.717) is 29.2 Å². The highest BCUT2D eigenvalue weighted by Crippen LogP contribution is 2.48. The molecule has 420 valence electrons. The summed E-state index contributed by atoms with van der Waals surface area (Å²) in [5, 5.41) is 32.5. The summed E-state index contributed by atoms with van der Waals surface area (Å²) >= 11 is 0. The van der Waals surface area contributed by atoms with E-state index in [1.807, 2.05) is 6.07 Å². The molecule has 0 spiro atoms. The maximum Gasteiger partial charge on any atom is 0.143 e. The number of hydrogen-bond donors (Lipinski definition) is 0. The molecule has 0 radical (unpaired) electrons. The van der Waals surface area contributed by atoms with Gasteiger partial charge in [-0.2, -0.15) is 5.26 Å². The van der Waals surface area contributed by atoms with Gasteiger partial charge in [0.25, 0.3) is 0 Å². The smallest absolute Gasteiger partial charge is 0.143 e. The molecule has 0 aliphatic carbocycles. The van der Waals surface area contributed by atoms with Crippen LogP contribution in [0.3, 0.4) is 0 Å². The van der Waals surface area contributed by atoms with Crippen LogP contribution in [-0.2, 0) is 0 Å². The molecule has 0 bridgehead atoms. The van der Waals surface area contributed by atoms with Crippen molar-refractivity contribution in [3.05, 3.63) is 240 Å². The molecule has 4 nitrogen and oxygen atoms in total. The van der Waals surface area contributed by atoms with Crippen molar-refractivity contribution in [2.45, 2.75) is 85.0 Å². The van der Waals surface area contributed by atoms with Crippen molar-refractivity contribution in [2.24, 2.45) is 0 Å². The van der Waals surface area contributed by atoms with Crippen LogP contribution in [0, 0.1) is 18.3 Å². The van der Waals surface area contributed by atoms with E-state index in [1.54, 1.807) is 0 Å². The first-order valence-electron chi connectivity index (χ1n) is 31.6. The van der Waals surface area contributed by atoms with Crippen molar-refractivity contribution in [1.29, 1.82) is 5.26 Å². The van der Waals surface area contributed by atoms with Crippen LogP contribution in [0.4, 0.5) is 0 Å². The summed E-state index contributed by atoms with van der Waals surface area (Å²) in [7, 11) is 0. The molecule has 4 heteroatoms. The van der Waals surface area contributed by atoms with Crippen molar-refractivity contribution >= 4 is 141 Å². The molecule has 0 N–H and O–H groups in total. The van der Waals surface area contributed by atoms with Crippen molar-refractivity contribution in [3.63, 3.8) is 0 Å². The summed E-state index contributed by atoms with van der Waals surface area (Å²) in [6, 6.07) is 81.0. The lowest BCUT2D eigenvalue weighted by molar-refractivity contribution is 0.574. The fourth-order valence-corrected chi connectivity index (χ4v) is 15.6. The van der Waals surface area contributed by atoms with Crippen LogP contribution >= 0.6 is 0 Å². The molecule has 0 amide bonds. The van der Waals surface area contributed by atoms with E-state index in [9.17, 15) is 5.26 Å². The van der Waals surface area contributed by atoms with E-state index < -0.39 is 0 Å². The average Bonchev–Trinajstić information content (AvgIpc) is 1.58. The number of hydrogen-bond acceptors (Lipinski definition) is 2. The molecule has 0 saturated carbocycles. The first kappa shape index (κ1) is 51.1. The number of furan rings is 1. The monoisotopic (exact) mass is 1130 g/mol. The number of para-hydroxylation sites is 2. The summed E-state index contributed by atoms with van der Waals surface area (Å²) in [4.78, 5) is 0. The molecule has 5 heterocycles. The summed E-state index contributed by atoms with van der Waals surface area (Å²) < 4.78 is 11.8. The Bertz CT molecular complexity index is 6070. The Morgan fingerprint density at radius 1 is 0.364 bits per heavy atom. The predicted octanol–water partition coefficient (Wildman–Crippen LogP) is 23.9. The van der Waals surface area contributed by atoms with Gasteiger partial charge < -0.3 is 13.2 Å². The second-order valence-corrected chi connectivity index (χ2v) is 26.5. The maximum absolute atomic E-state index is 10.0. The Kier molecular flexibility index (Phi) is 10.8. The number of benzene rings is 13. The first-order chi connectivity index (χ1) is 42.9. The largest absolute Gasteiger partial charge is 0.455 e. The molecule has 13 aromatic carbocycles. The molecule has 0 fully saturated rings. The van der Waals surface area contributed by atoms with Gasteiger partial charge in [0.15, 0.2) is 0 Å². The molecule has 18 rings (SSSR count). The lowest BCUT2D eigenvalue weighted by Gasteiger charge is -2.17. The molecule has 2 atom stereocenters. The average molecular weight is 1130 g/mol. The third-order valence-corrected chi connectivity index (χ3v) is 20.6. The molecular formula is C84H63N3O. The van der Waals surface area contributed by atoms with Crippen LogP contribution in [0.5, 0.6) is 0 Å². The van der Waals surface area contributed by atoms with Crippen molar-refractivity contribution in [3.8, 4) is 28.3 Å². The lowest BCUT2D eigenvalue weighted by Crippen LogP contribution is -1.99. The zero-order chi connectivity index (χ0) is 59.1. The lowest BCUT2D eigenvalue weighted by atomic mass is 9.87. The van der Waals surface area contributed by atoms with E-state index in [1.165, 1.54) is 147 Å². The molecule has 0 aliphatic rings. The van der Waals surface area contributed by atoms with E-state index in [-0.39, 0.29) is 0 Å². The molecule has 18 aromatic rings. The third kappa shape index (κ3) is 7.43. The van der Waals surface area contributed by atoms with Gasteiger partial charge in [-0.15, -0.1) is 0 Å². The van der Waals surface area contributed by atoms with Gasteiger partial charge in [0.2, 0.25) is 0 Å². The van der Waals surface area contributed by atoms with Crippen molar-refractivity contribution in [1.82, 2.24) is 8.80 Å². The Hall–Kier alpha value is -10.2. The Morgan fingerprint density at radius 2 is 0.784 bits per heavy atom. The number of rotatable bonds is 9. The van der Waals surface area contributed by atoms with Gasteiger partial charge in [0, 0.05) is 59.4 Å². The summed E-state index contributed by atoms with van der Waals surface area (Å²) in [6.07, 6.45) is 2.15. The Morgan fingerprint density at radius 3 is 1.24 bits per heavy atom. The van der Waals surface area contributed by atoms with Crippen LogP contribution < -0.4 is 0 Å².